The molecule has 0 radical (unpaired) electrons. The van der Waals surface area contributed by atoms with Gasteiger partial charge in [-0.25, -0.2) is 4.79 Å². The predicted molar refractivity (Wildman–Crippen MR) is 112 cm³/mol. The molecule has 0 unspecified atom stereocenters. The van der Waals surface area contributed by atoms with Crippen LogP contribution in [-0.4, -0.2) is 41.5 Å². The van der Waals surface area contributed by atoms with E-state index in [-0.39, 0.29) is 30.9 Å². The van der Waals surface area contributed by atoms with E-state index in [0.717, 1.165) is 11.6 Å². The second-order valence-corrected chi connectivity index (χ2v) is 6.20. The number of benzene rings is 2. The maximum atomic E-state index is 11.6. The first kappa shape index (κ1) is 23.2. The van der Waals surface area contributed by atoms with Crippen molar-refractivity contribution < 1.29 is 38.8 Å². The Kier molecular flexibility index (Phi) is 9.35. The molecular formula is C23H22O8. The lowest BCUT2D eigenvalue weighted by atomic mass is 10.2. The summed E-state index contributed by atoms with van der Waals surface area (Å²) in [6, 6.07) is 12.7. The molecule has 2 rings (SSSR count). The van der Waals surface area contributed by atoms with Gasteiger partial charge in [-0.2, -0.15) is 0 Å². The maximum Gasteiger partial charge on any atom is 0.333 e. The first-order valence-electron chi connectivity index (χ1n) is 9.33. The largest absolute Gasteiger partial charge is 0.508 e. The lowest BCUT2D eigenvalue weighted by Crippen LogP contribution is -2.13. The third-order valence-corrected chi connectivity index (χ3v) is 3.80. The zero-order valence-electron chi connectivity index (χ0n) is 16.6. The van der Waals surface area contributed by atoms with E-state index in [1.165, 1.54) is 18.2 Å². The second kappa shape index (κ2) is 12.5. The van der Waals surface area contributed by atoms with Crippen LogP contribution < -0.4 is 0 Å². The van der Waals surface area contributed by atoms with Gasteiger partial charge in [-0.15, -0.1) is 0 Å². The van der Waals surface area contributed by atoms with Gasteiger partial charge in [0.1, 0.15) is 18.1 Å². The number of hydrogen-bond acceptors (Lipinski definition) is 8. The van der Waals surface area contributed by atoms with Crippen LogP contribution >= 0.6 is 0 Å². The molecule has 162 valence electrons. The summed E-state index contributed by atoms with van der Waals surface area (Å²) in [5, 5.41) is 18.4. The number of carbonyl (C=O) groups excluding carboxylic acids is 3. The van der Waals surface area contributed by atoms with E-state index in [1.807, 2.05) is 0 Å². The van der Waals surface area contributed by atoms with Gasteiger partial charge in [0.15, 0.2) is 0 Å². The highest BCUT2D eigenvalue weighted by Crippen LogP contribution is 2.11. The Morgan fingerprint density at radius 1 is 0.710 bits per heavy atom. The fourth-order valence-corrected chi connectivity index (χ4v) is 2.21. The molecule has 0 fully saturated rings. The Balaban J connectivity index is 1.56. The number of hydrogen-bond donors (Lipinski definition) is 2. The molecule has 0 saturated heterocycles. The maximum absolute atomic E-state index is 11.6. The van der Waals surface area contributed by atoms with Gasteiger partial charge in [-0.1, -0.05) is 30.3 Å². The summed E-state index contributed by atoms with van der Waals surface area (Å²) in [6.07, 6.45) is 5.63. The average molecular weight is 426 g/mol. The molecule has 0 saturated carbocycles. The van der Waals surface area contributed by atoms with Crippen molar-refractivity contribution in [1.82, 2.24) is 0 Å². The highest BCUT2D eigenvalue weighted by Gasteiger charge is 2.09. The van der Waals surface area contributed by atoms with E-state index < -0.39 is 24.7 Å². The smallest absolute Gasteiger partial charge is 0.333 e. The highest BCUT2D eigenvalue weighted by molar-refractivity contribution is 5.87. The number of rotatable bonds is 10. The van der Waals surface area contributed by atoms with Crippen LogP contribution in [0.25, 0.3) is 12.2 Å². The fourth-order valence-electron chi connectivity index (χ4n) is 2.21. The molecule has 8 nitrogen and oxygen atoms in total. The zero-order valence-corrected chi connectivity index (χ0v) is 16.6. The van der Waals surface area contributed by atoms with Crippen LogP contribution in [0, 0.1) is 0 Å². The summed E-state index contributed by atoms with van der Waals surface area (Å²) < 4.78 is 14.4. The summed E-state index contributed by atoms with van der Waals surface area (Å²) >= 11 is 0. The van der Waals surface area contributed by atoms with Gasteiger partial charge >= 0.3 is 17.9 Å². The quantitative estimate of drug-likeness (QED) is 0.338. The molecule has 0 aliphatic heterocycles. The number of carbonyl (C=O) groups is 3. The molecule has 0 atom stereocenters. The van der Waals surface area contributed by atoms with Gasteiger partial charge < -0.3 is 24.4 Å². The van der Waals surface area contributed by atoms with Crippen molar-refractivity contribution in [2.75, 3.05) is 13.4 Å². The first-order valence-corrected chi connectivity index (χ1v) is 9.33. The van der Waals surface area contributed by atoms with Crippen LogP contribution in [0.3, 0.4) is 0 Å². The van der Waals surface area contributed by atoms with E-state index in [2.05, 4.69) is 0 Å². The minimum absolute atomic E-state index is 0.0414. The van der Waals surface area contributed by atoms with Gasteiger partial charge in [0.25, 0.3) is 0 Å². The SMILES string of the molecule is O=C(C=Cc1ccc(O)cc1)OCOC(=O)CCC(=O)OCC=Cc1ccc(O)cc1. The van der Waals surface area contributed by atoms with Crippen molar-refractivity contribution in [3.8, 4) is 11.5 Å². The zero-order chi connectivity index (χ0) is 22.5. The number of esters is 3. The number of aromatic hydroxyl groups is 2. The molecule has 2 N–H and O–H groups in total. The van der Waals surface area contributed by atoms with E-state index in [1.54, 1.807) is 48.6 Å². The molecule has 0 amide bonds. The summed E-state index contributed by atoms with van der Waals surface area (Å²) in [5.74, 6) is -1.70. The fraction of sp³-hybridized carbons (Fsp3) is 0.174. The average Bonchev–Trinajstić information content (AvgIpc) is 2.76. The van der Waals surface area contributed by atoms with Crippen LogP contribution in [0.15, 0.2) is 60.7 Å². The van der Waals surface area contributed by atoms with E-state index in [9.17, 15) is 24.6 Å². The number of phenolic OH excluding ortho intramolecular Hbond substituents is 2. The standard InChI is InChI=1S/C23H22O8/c24-19-8-3-17(4-9-19)2-1-15-29-21(26)13-14-23(28)31-16-30-22(27)12-7-18-5-10-20(25)11-6-18/h1-12,24-25H,13-16H2. The first-order chi connectivity index (χ1) is 14.9. The molecule has 8 heteroatoms. The van der Waals surface area contributed by atoms with Crippen molar-refractivity contribution in [3.05, 3.63) is 71.8 Å². The Hall–Kier alpha value is -4.07. The molecule has 2 aromatic rings. The van der Waals surface area contributed by atoms with Gasteiger partial charge in [0, 0.05) is 6.08 Å². The summed E-state index contributed by atoms with van der Waals surface area (Å²) in [5.41, 5.74) is 1.52. The molecular weight excluding hydrogens is 404 g/mol. The number of phenols is 2. The van der Waals surface area contributed by atoms with E-state index in [0.29, 0.717) is 5.56 Å². The Labute approximate surface area is 179 Å². The lowest BCUT2D eigenvalue weighted by molar-refractivity contribution is -0.165. The minimum Gasteiger partial charge on any atom is -0.508 e. The Morgan fingerprint density at radius 2 is 1.23 bits per heavy atom. The summed E-state index contributed by atoms with van der Waals surface area (Å²) in [6.45, 7) is -0.526. The van der Waals surface area contributed by atoms with Crippen molar-refractivity contribution in [1.29, 1.82) is 0 Å². The number of ether oxygens (including phenoxy) is 3. The van der Waals surface area contributed by atoms with Crippen LogP contribution in [0.2, 0.25) is 0 Å². The third-order valence-electron chi connectivity index (χ3n) is 3.80. The third kappa shape index (κ3) is 9.80. The summed E-state index contributed by atoms with van der Waals surface area (Å²) in [7, 11) is 0. The van der Waals surface area contributed by atoms with Gasteiger partial charge in [0.05, 0.1) is 12.8 Å². The molecule has 0 heterocycles. The van der Waals surface area contributed by atoms with Crippen molar-refractivity contribution >= 4 is 30.1 Å². The van der Waals surface area contributed by atoms with Crippen molar-refractivity contribution in [2.24, 2.45) is 0 Å². The molecule has 0 bridgehead atoms. The highest BCUT2D eigenvalue weighted by atomic mass is 16.7. The van der Waals surface area contributed by atoms with Crippen LogP contribution in [-0.2, 0) is 28.6 Å². The molecule has 2 aromatic carbocycles. The van der Waals surface area contributed by atoms with Gasteiger partial charge in [-0.05, 0) is 47.5 Å². The lowest BCUT2D eigenvalue weighted by Gasteiger charge is -2.05. The van der Waals surface area contributed by atoms with E-state index in [4.69, 9.17) is 14.2 Å². The molecule has 0 spiro atoms. The van der Waals surface area contributed by atoms with Crippen LogP contribution in [0.1, 0.15) is 24.0 Å². The summed E-state index contributed by atoms with van der Waals surface area (Å²) in [4.78, 5) is 34.8. The van der Waals surface area contributed by atoms with Gasteiger partial charge in [-0.3, -0.25) is 9.59 Å². The minimum atomic E-state index is -0.708. The van der Waals surface area contributed by atoms with Crippen LogP contribution in [0.4, 0.5) is 0 Å². The van der Waals surface area contributed by atoms with Crippen molar-refractivity contribution in [3.63, 3.8) is 0 Å². The van der Waals surface area contributed by atoms with Crippen LogP contribution in [0.5, 0.6) is 11.5 Å². The topological polar surface area (TPSA) is 119 Å². The predicted octanol–water partition coefficient (Wildman–Crippen LogP) is 3.19. The molecule has 31 heavy (non-hydrogen) atoms. The Bertz CT molecular complexity index is 927. The molecule has 0 aliphatic carbocycles. The van der Waals surface area contributed by atoms with Gasteiger partial charge in [0.2, 0.25) is 6.79 Å². The Morgan fingerprint density at radius 3 is 1.81 bits per heavy atom. The normalized spacial score (nSPS) is 10.8. The second-order valence-electron chi connectivity index (χ2n) is 6.20. The molecule has 0 aliphatic rings. The molecule has 0 aromatic heterocycles. The van der Waals surface area contributed by atoms with E-state index >= 15 is 0 Å². The monoisotopic (exact) mass is 426 g/mol. The van der Waals surface area contributed by atoms with Crippen molar-refractivity contribution in [2.45, 2.75) is 12.8 Å².